The lowest BCUT2D eigenvalue weighted by Gasteiger charge is -2.23. The molecule has 0 radical (unpaired) electrons. The maximum atomic E-state index is 12.9. The molecule has 0 amide bonds. The highest BCUT2D eigenvalue weighted by Gasteiger charge is 2.13. The minimum Gasteiger partial charge on any atom is -0.330 e. The average molecular weight is 212 g/mol. The van der Waals surface area contributed by atoms with E-state index >= 15 is 0 Å². The standard InChI is InChI=1S/C11H14FNS/c12-11-3-1-2-10(8-11)9-13-4-6-14-7-5-13/h1-3,8H,4-7,9H2/p+1. The molecule has 0 bridgehead atoms. The fraction of sp³-hybridized carbons (Fsp3) is 0.455. The van der Waals surface area contributed by atoms with Gasteiger partial charge in [0.15, 0.2) is 0 Å². The molecular formula is C11H15FNS+. The normalized spacial score (nSPS) is 18.4. The molecule has 1 aliphatic rings. The van der Waals surface area contributed by atoms with E-state index in [1.807, 2.05) is 17.8 Å². The van der Waals surface area contributed by atoms with Crippen LogP contribution in [0.4, 0.5) is 4.39 Å². The van der Waals surface area contributed by atoms with Gasteiger partial charge in [-0.2, -0.15) is 11.8 Å². The molecule has 1 aromatic carbocycles. The van der Waals surface area contributed by atoms with Crippen molar-refractivity contribution < 1.29 is 9.29 Å². The molecule has 0 aromatic heterocycles. The van der Waals surface area contributed by atoms with Crippen LogP contribution in [0.15, 0.2) is 24.3 Å². The fourth-order valence-corrected chi connectivity index (χ4v) is 2.84. The van der Waals surface area contributed by atoms with Gasteiger partial charge in [-0.15, -0.1) is 0 Å². The topological polar surface area (TPSA) is 4.44 Å². The molecule has 3 heteroatoms. The zero-order valence-electron chi connectivity index (χ0n) is 8.13. The Labute approximate surface area is 88.3 Å². The zero-order chi connectivity index (χ0) is 9.80. The van der Waals surface area contributed by atoms with Crippen LogP contribution in [0, 0.1) is 5.82 Å². The summed E-state index contributed by atoms with van der Waals surface area (Å²) in [4.78, 5) is 1.58. The summed E-state index contributed by atoms with van der Waals surface area (Å²) in [7, 11) is 0. The van der Waals surface area contributed by atoms with Gasteiger partial charge in [-0.05, 0) is 12.1 Å². The van der Waals surface area contributed by atoms with Gasteiger partial charge in [-0.1, -0.05) is 12.1 Å². The SMILES string of the molecule is Fc1cccc(C[NH+]2CCSCC2)c1. The summed E-state index contributed by atoms with van der Waals surface area (Å²) in [5.41, 5.74) is 1.12. The average Bonchev–Trinajstić information content (AvgIpc) is 2.19. The monoisotopic (exact) mass is 212 g/mol. The van der Waals surface area contributed by atoms with Gasteiger partial charge in [-0.3, -0.25) is 0 Å². The summed E-state index contributed by atoms with van der Waals surface area (Å²) in [5.74, 6) is 2.36. The summed E-state index contributed by atoms with van der Waals surface area (Å²) < 4.78 is 12.9. The van der Waals surface area contributed by atoms with Gasteiger partial charge in [0, 0.05) is 17.1 Å². The number of halogens is 1. The van der Waals surface area contributed by atoms with Crippen LogP contribution in [0.1, 0.15) is 5.56 Å². The van der Waals surface area contributed by atoms with Crippen LogP contribution in [0.2, 0.25) is 0 Å². The molecule has 1 nitrogen and oxygen atoms in total. The molecule has 0 unspecified atom stereocenters. The van der Waals surface area contributed by atoms with Crippen molar-refractivity contribution in [1.29, 1.82) is 0 Å². The highest BCUT2D eigenvalue weighted by molar-refractivity contribution is 7.99. The first kappa shape index (κ1) is 9.99. The first-order valence-electron chi connectivity index (χ1n) is 5.00. The van der Waals surface area contributed by atoms with Crippen LogP contribution in [0.3, 0.4) is 0 Å². The van der Waals surface area contributed by atoms with E-state index in [1.165, 1.54) is 30.7 Å². The van der Waals surface area contributed by atoms with Gasteiger partial charge in [0.2, 0.25) is 0 Å². The number of nitrogens with one attached hydrogen (secondary N) is 1. The maximum absolute atomic E-state index is 12.9. The summed E-state index contributed by atoms with van der Waals surface area (Å²) in [6, 6.07) is 6.96. The van der Waals surface area contributed by atoms with Crippen LogP contribution >= 0.6 is 11.8 Å². The highest BCUT2D eigenvalue weighted by atomic mass is 32.2. The molecule has 0 atom stereocenters. The second-order valence-electron chi connectivity index (χ2n) is 3.67. The van der Waals surface area contributed by atoms with Gasteiger partial charge in [0.1, 0.15) is 12.4 Å². The number of benzene rings is 1. The van der Waals surface area contributed by atoms with E-state index in [0.717, 1.165) is 12.1 Å². The van der Waals surface area contributed by atoms with Crippen LogP contribution in [0.25, 0.3) is 0 Å². The first-order valence-corrected chi connectivity index (χ1v) is 6.16. The molecule has 1 N–H and O–H groups in total. The number of hydrogen-bond acceptors (Lipinski definition) is 1. The summed E-state index contributed by atoms with van der Waals surface area (Å²) >= 11 is 2.02. The molecule has 14 heavy (non-hydrogen) atoms. The quantitative estimate of drug-likeness (QED) is 0.765. The number of thioether (sulfide) groups is 1. The van der Waals surface area contributed by atoms with E-state index in [1.54, 1.807) is 17.0 Å². The number of hydrogen-bond donors (Lipinski definition) is 1. The highest BCUT2D eigenvalue weighted by Crippen LogP contribution is 2.03. The van der Waals surface area contributed by atoms with Crippen molar-refractivity contribution in [2.45, 2.75) is 6.54 Å². The predicted octanol–water partition coefficient (Wildman–Crippen LogP) is 0.957. The van der Waals surface area contributed by atoms with E-state index in [-0.39, 0.29) is 5.82 Å². The van der Waals surface area contributed by atoms with E-state index < -0.39 is 0 Å². The number of quaternary nitrogens is 1. The summed E-state index contributed by atoms with van der Waals surface area (Å²) in [6.45, 7) is 3.39. The van der Waals surface area contributed by atoms with Gasteiger partial charge < -0.3 is 4.90 Å². The second kappa shape index (κ2) is 4.80. The molecule has 1 aromatic rings. The minimum atomic E-state index is -0.117. The molecule has 1 heterocycles. The lowest BCUT2D eigenvalue weighted by atomic mass is 10.2. The molecule has 1 aliphatic heterocycles. The summed E-state index contributed by atoms with van der Waals surface area (Å²) in [5, 5.41) is 0. The zero-order valence-corrected chi connectivity index (χ0v) is 8.95. The van der Waals surface area contributed by atoms with E-state index in [0.29, 0.717) is 0 Å². The molecule has 0 aliphatic carbocycles. The fourth-order valence-electron chi connectivity index (χ4n) is 1.77. The third-order valence-corrected chi connectivity index (χ3v) is 3.53. The van der Waals surface area contributed by atoms with Crippen LogP contribution < -0.4 is 4.90 Å². The summed E-state index contributed by atoms with van der Waals surface area (Å²) in [6.07, 6.45) is 0. The van der Waals surface area contributed by atoms with Gasteiger partial charge in [0.05, 0.1) is 13.1 Å². The Morgan fingerprint density at radius 3 is 2.79 bits per heavy atom. The van der Waals surface area contributed by atoms with Crippen molar-refractivity contribution in [2.24, 2.45) is 0 Å². The van der Waals surface area contributed by atoms with Crippen LogP contribution in [-0.4, -0.2) is 24.6 Å². The smallest absolute Gasteiger partial charge is 0.123 e. The van der Waals surface area contributed by atoms with E-state index in [2.05, 4.69) is 0 Å². The van der Waals surface area contributed by atoms with Crippen molar-refractivity contribution >= 4 is 11.8 Å². The molecule has 2 rings (SSSR count). The van der Waals surface area contributed by atoms with Crippen molar-refractivity contribution in [2.75, 3.05) is 24.6 Å². The van der Waals surface area contributed by atoms with Crippen molar-refractivity contribution in [3.05, 3.63) is 35.6 Å². The molecule has 1 fully saturated rings. The Hall–Kier alpha value is -0.540. The third kappa shape index (κ3) is 2.72. The van der Waals surface area contributed by atoms with Crippen molar-refractivity contribution in [3.8, 4) is 0 Å². The molecule has 0 spiro atoms. The van der Waals surface area contributed by atoms with Gasteiger partial charge in [0.25, 0.3) is 0 Å². The molecule has 76 valence electrons. The Morgan fingerprint density at radius 1 is 1.29 bits per heavy atom. The number of rotatable bonds is 2. The molecular weight excluding hydrogens is 197 g/mol. The Balaban J connectivity index is 1.95. The van der Waals surface area contributed by atoms with Crippen molar-refractivity contribution in [1.82, 2.24) is 0 Å². The predicted molar refractivity (Wildman–Crippen MR) is 58.1 cm³/mol. The third-order valence-electron chi connectivity index (χ3n) is 2.54. The first-order chi connectivity index (χ1) is 6.84. The molecule has 1 saturated heterocycles. The molecule has 0 saturated carbocycles. The Kier molecular flexibility index (Phi) is 3.43. The van der Waals surface area contributed by atoms with E-state index in [4.69, 9.17) is 0 Å². The lowest BCUT2D eigenvalue weighted by Crippen LogP contribution is -3.12. The minimum absolute atomic E-state index is 0.117. The lowest BCUT2D eigenvalue weighted by molar-refractivity contribution is -0.910. The second-order valence-corrected chi connectivity index (χ2v) is 4.89. The largest absolute Gasteiger partial charge is 0.330 e. The van der Waals surface area contributed by atoms with Crippen LogP contribution in [0.5, 0.6) is 0 Å². The van der Waals surface area contributed by atoms with E-state index in [9.17, 15) is 4.39 Å². The maximum Gasteiger partial charge on any atom is 0.123 e. The van der Waals surface area contributed by atoms with Gasteiger partial charge in [-0.25, -0.2) is 4.39 Å². The Morgan fingerprint density at radius 2 is 2.07 bits per heavy atom. The van der Waals surface area contributed by atoms with Crippen LogP contribution in [-0.2, 0) is 6.54 Å². The van der Waals surface area contributed by atoms with Crippen molar-refractivity contribution in [3.63, 3.8) is 0 Å². The van der Waals surface area contributed by atoms with Gasteiger partial charge >= 0.3 is 0 Å². The Bertz CT molecular complexity index is 297.